The first-order valence-corrected chi connectivity index (χ1v) is 12.3. The van der Waals surface area contributed by atoms with Gasteiger partial charge in [0, 0.05) is 23.0 Å². The zero-order chi connectivity index (χ0) is 19.0. The minimum Gasteiger partial charge on any atom is -0.378 e. The molecular weight excluding hydrogens is 404 g/mol. The van der Waals surface area contributed by atoms with Crippen molar-refractivity contribution in [3.05, 3.63) is 34.5 Å². The molecule has 0 amide bonds. The molecule has 152 valence electrons. The molecule has 0 fully saturated rings. The first-order chi connectivity index (χ1) is 13.4. The zero-order valence-electron chi connectivity index (χ0n) is 15.6. The molecule has 0 N–H and O–H groups in total. The molecule has 1 aromatic rings. The second-order valence-electron chi connectivity index (χ2n) is 5.53. The molecular formula is C19H28O5S3. The number of fused-ring (bicyclic) bond motifs is 2. The molecule has 27 heavy (non-hydrogen) atoms. The minimum absolute atomic E-state index is 0.0845. The topological polar surface area (TPSA) is 54.0 Å². The normalized spacial score (nSPS) is 20.1. The predicted molar refractivity (Wildman–Crippen MR) is 115 cm³/mol. The van der Waals surface area contributed by atoms with Crippen molar-refractivity contribution in [3.63, 3.8) is 0 Å². The Morgan fingerprint density at radius 1 is 0.593 bits per heavy atom. The van der Waals surface area contributed by atoms with Gasteiger partial charge in [-0.3, -0.25) is 4.79 Å². The molecule has 0 unspecified atom stereocenters. The molecule has 1 aliphatic heterocycles. The van der Waals surface area contributed by atoms with Crippen molar-refractivity contribution in [3.8, 4) is 0 Å². The number of hydrogen-bond donors (Lipinski definition) is 0. The van der Waals surface area contributed by atoms with E-state index in [2.05, 4.69) is 0 Å². The van der Waals surface area contributed by atoms with Crippen LogP contribution in [-0.2, 0) is 18.9 Å². The summed E-state index contributed by atoms with van der Waals surface area (Å²) in [5, 5.41) is 0. The Morgan fingerprint density at radius 2 is 1.00 bits per heavy atom. The Balaban J connectivity index is 1.84. The molecule has 1 heterocycles. The van der Waals surface area contributed by atoms with Gasteiger partial charge in [-0.2, -0.15) is 11.8 Å². The van der Waals surface area contributed by atoms with Gasteiger partial charge in [0.15, 0.2) is 0 Å². The van der Waals surface area contributed by atoms with Gasteiger partial charge in [-0.05, 0) is 12.1 Å². The second kappa shape index (κ2) is 15.7. The van der Waals surface area contributed by atoms with E-state index in [0.29, 0.717) is 39.6 Å². The van der Waals surface area contributed by atoms with E-state index in [4.69, 9.17) is 18.9 Å². The highest BCUT2D eigenvalue weighted by Gasteiger charge is 2.05. The largest absolute Gasteiger partial charge is 0.378 e. The maximum absolute atomic E-state index is 12.7. The van der Waals surface area contributed by atoms with E-state index < -0.39 is 0 Å². The Kier molecular flexibility index (Phi) is 13.4. The van der Waals surface area contributed by atoms with Crippen LogP contribution >= 0.6 is 35.3 Å². The fraction of sp³-hybridized carbons (Fsp3) is 0.632. The van der Waals surface area contributed by atoms with Crippen LogP contribution in [0.4, 0.5) is 0 Å². The summed E-state index contributed by atoms with van der Waals surface area (Å²) in [6, 6.07) is 7.58. The van der Waals surface area contributed by atoms with Crippen LogP contribution in [0.3, 0.4) is 0 Å². The molecule has 2 rings (SSSR count). The predicted octanol–water partition coefficient (Wildman–Crippen LogP) is 3.04. The van der Waals surface area contributed by atoms with Gasteiger partial charge in [0.05, 0.1) is 62.6 Å². The molecule has 0 radical (unpaired) electrons. The Labute approximate surface area is 174 Å². The van der Waals surface area contributed by atoms with Crippen molar-refractivity contribution in [2.75, 3.05) is 75.9 Å². The zero-order valence-corrected chi connectivity index (χ0v) is 18.0. The number of ether oxygens (including phenoxy) is 4. The van der Waals surface area contributed by atoms with Crippen LogP contribution in [0.25, 0.3) is 0 Å². The van der Waals surface area contributed by atoms with Crippen molar-refractivity contribution >= 4 is 35.3 Å². The molecule has 0 spiro atoms. The lowest BCUT2D eigenvalue weighted by molar-refractivity contribution is 0.0592. The lowest BCUT2D eigenvalue weighted by atomic mass is 10.5. The molecule has 5 nitrogen and oxygen atoms in total. The highest BCUT2D eigenvalue weighted by molar-refractivity contribution is 8.00. The molecule has 2 bridgehead atoms. The highest BCUT2D eigenvalue weighted by atomic mass is 32.2. The first-order valence-electron chi connectivity index (χ1n) is 9.15. The van der Waals surface area contributed by atoms with Gasteiger partial charge in [-0.25, -0.2) is 0 Å². The Morgan fingerprint density at radius 3 is 1.44 bits per heavy atom. The molecule has 0 saturated heterocycles. The Hall–Kier alpha value is -0.220. The standard InChI is InChI=1S/C19H28O5S3/c20-19-17-3-1-2-4-18(19)27-16-12-24-8-6-22-10-14-25-13-9-21-5-7-23-11-15-26-17/h1-4H,5-16H2. The van der Waals surface area contributed by atoms with Gasteiger partial charge in [-0.1, -0.05) is 12.1 Å². The fourth-order valence-electron chi connectivity index (χ4n) is 2.19. The number of rotatable bonds is 0. The summed E-state index contributed by atoms with van der Waals surface area (Å²) in [5.41, 5.74) is 0.0845. The first kappa shape index (κ1) is 23.1. The summed E-state index contributed by atoms with van der Waals surface area (Å²) >= 11 is 4.91. The third-order valence-electron chi connectivity index (χ3n) is 3.51. The van der Waals surface area contributed by atoms with Crippen LogP contribution in [0.15, 0.2) is 38.9 Å². The van der Waals surface area contributed by atoms with Crippen molar-refractivity contribution in [2.45, 2.75) is 9.79 Å². The Bertz CT molecular complexity index is 528. The summed E-state index contributed by atoms with van der Waals surface area (Å²) in [5.74, 6) is 3.43. The summed E-state index contributed by atoms with van der Waals surface area (Å²) < 4.78 is 22.3. The smallest absolute Gasteiger partial charge is 0.205 e. The average Bonchev–Trinajstić information content (AvgIpc) is 2.85. The molecule has 1 aromatic carbocycles. The second-order valence-corrected chi connectivity index (χ2v) is 9.03. The van der Waals surface area contributed by atoms with E-state index in [9.17, 15) is 4.79 Å². The third-order valence-corrected chi connectivity index (χ3v) is 6.43. The maximum Gasteiger partial charge on any atom is 0.205 e. The summed E-state index contributed by atoms with van der Waals surface area (Å²) in [4.78, 5) is 14.2. The van der Waals surface area contributed by atoms with Crippen LogP contribution in [0, 0.1) is 0 Å². The SMILES string of the molecule is O=c1c2ccccc1SCCOCCOCCSCCOCCOCCS2. The maximum atomic E-state index is 12.7. The van der Waals surface area contributed by atoms with Crippen LogP contribution < -0.4 is 5.43 Å². The van der Waals surface area contributed by atoms with E-state index >= 15 is 0 Å². The van der Waals surface area contributed by atoms with Crippen LogP contribution in [0.1, 0.15) is 0 Å². The lowest BCUT2D eigenvalue weighted by Crippen LogP contribution is -2.11. The lowest BCUT2D eigenvalue weighted by Gasteiger charge is -2.07. The van der Waals surface area contributed by atoms with Crippen LogP contribution in [-0.4, -0.2) is 75.9 Å². The quantitative estimate of drug-likeness (QED) is 0.620. The molecule has 0 aliphatic carbocycles. The highest BCUT2D eigenvalue weighted by Crippen LogP contribution is 2.18. The minimum atomic E-state index is 0.0845. The van der Waals surface area contributed by atoms with Gasteiger partial charge in [-0.15, -0.1) is 23.5 Å². The van der Waals surface area contributed by atoms with Gasteiger partial charge in [0.2, 0.25) is 5.43 Å². The summed E-state index contributed by atoms with van der Waals surface area (Å²) in [6.07, 6.45) is 0. The number of thioether (sulfide) groups is 3. The summed E-state index contributed by atoms with van der Waals surface area (Å²) in [6.45, 7) is 5.05. The van der Waals surface area contributed by atoms with Crippen LogP contribution in [0.5, 0.6) is 0 Å². The average molecular weight is 433 g/mol. The van der Waals surface area contributed by atoms with Gasteiger partial charge >= 0.3 is 0 Å². The van der Waals surface area contributed by atoms with Gasteiger partial charge in [0.1, 0.15) is 0 Å². The van der Waals surface area contributed by atoms with Crippen molar-refractivity contribution in [1.29, 1.82) is 0 Å². The van der Waals surface area contributed by atoms with E-state index in [1.165, 1.54) is 0 Å². The van der Waals surface area contributed by atoms with E-state index in [1.807, 2.05) is 36.0 Å². The molecule has 0 saturated carbocycles. The van der Waals surface area contributed by atoms with E-state index in [1.54, 1.807) is 23.5 Å². The van der Waals surface area contributed by atoms with Crippen molar-refractivity contribution in [2.24, 2.45) is 0 Å². The van der Waals surface area contributed by atoms with Gasteiger partial charge < -0.3 is 18.9 Å². The van der Waals surface area contributed by atoms with Crippen LogP contribution in [0.2, 0.25) is 0 Å². The monoisotopic (exact) mass is 432 g/mol. The van der Waals surface area contributed by atoms with Crippen molar-refractivity contribution in [1.82, 2.24) is 0 Å². The van der Waals surface area contributed by atoms with Gasteiger partial charge in [0.25, 0.3) is 0 Å². The summed E-state index contributed by atoms with van der Waals surface area (Å²) in [7, 11) is 0. The van der Waals surface area contributed by atoms with E-state index in [0.717, 1.165) is 46.0 Å². The molecule has 0 aromatic heterocycles. The third kappa shape index (κ3) is 10.8. The number of hydrogen-bond acceptors (Lipinski definition) is 8. The molecule has 1 aliphatic rings. The molecule has 8 heteroatoms. The molecule has 0 atom stereocenters. The fourth-order valence-corrected chi connectivity index (χ4v) is 4.60. The van der Waals surface area contributed by atoms with E-state index in [-0.39, 0.29) is 5.43 Å². The van der Waals surface area contributed by atoms with Crippen molar-refractivity contribution < 1.29 is 18.9 Å².